The fraction of sp³-hybridized carbons (Fsp3) is 0.968. The normalized spacial score (nSPS) is 52.5. The molecule has 4 aliphatic carbocycles. The molecule has 0 aromatic heterocycles. The quantitative estimate of drug-likeness (QED) is 0.0427. The van der Waals surface area contributed by atoms with Gasteiger partial charge in [0, 0.05) is 0 Å². The number of fused-ring (bicyclic) bond motifs is 5. The molecule has 10 aliphatic rings. The van der Waals surface area contributed by atoms with Crippen molar-refractivity contribution in [2.75, 3.05) is 13.2 Å². The van der Waals surface area contributed by atoms with Crippen LogP contribution in [-0.2, 0) is 71.4 Å². The molecule has 6 heterocycles. The van der Waals surface area contributed by atoms with Gasteiger partial charge in [0.25, 0.3) is 0 Å². The van der Waals surface area contributed by atoms with E-state index >= 15 is 0 Å². The largest absolute Gasteiger partial charge is 0.397 e. The molecule has 31 nitrogen and oxygen atoms in total. The van der Waals surface area contributed by atoms with E-state index in [1.54, 1.807) is 0 Å². The minimum Gasteiger partial charge on any atom is -0.394 e. The Labute approximate surface area is 546 Å². The third-order valence-corrected chi connectivity index (χ3v) is 23.2. The van der Waals surface area contributed by atoms with Crippen LogP contribution in [0.3, 0.4) is 0 Å². The predicted octanol–water partition coefficient (Wildman–Crippen LogP) is -3.00. The van der Waals surface area contributed by atoms with Gasteiger partial charge in [-0.2, -0.15) is 8.42 Å². The zero-order valence-corrected chi connectivity index (χ0v) is 55.4. The Morgan fingerprint density at radius 3 is 1.65 bits per heavy atom. The van der Waals surface area contributed by atoms with Crippen LogP contribution in [0.25, 0.3) is 0 Å². The van der Waals surface area contributed by atoms with Crippen LogP contribution in [0.4, 0.5) is 0 Å². The first-order valence-electron chi connectivity index (χ1n) is 33.4. The van der Waals surface area contributed by atoms with Crippen LogP contribution in [0.5, 0.6) is 0 Å². The Kier molecular flexibility index (Phi) is 23.6. The average Bonchev–Trinajstić information content (AvgIpc) is 1.34. The lowest BCUT2D eigenvalue weighted by molar-refractivity contribution is -0.401. The molecule has 0 aromatic carbocycles. The Balaban J connectivity index is 0.895. The van der Waals surface area contributed by atoms with Gasteiger partial charge in [0.1, 0.15) is 116 Å². The topological polar surface area (TPSA) is 478 Å². The second-order valence-electron chi connectivity index (χ2n) is 29.4. The summed E-state index contributed by atoms with van der Waals surface area (Å²) in [6.45, 7) is 14.8. The van der Waals surface area contributed by atoms with Crippen molar-refractivity contribution in [1.82, 2.24) is 0 Å². The van der Waals surface area contributed by atoms with E-state index < -0.39 is 231 Å². The predicted molar refractivity (Wildman–Crippen MR) is 316 cm³/mol. The van der Waals surface area contributed by atoms with Crippen molar-refractivity contribution in [1.29, 1.82) is 0 Å². The highest BCUT2D eigenvalue weighted by atomic mass is 32.3. The van der Waals surface area contributed by atoms with E-state index in [0.29, 0.717) is 25.2 Å². The van der Waals surface area contributed by atoms with Gasteiger partial charge in [-0.15, -0.1) is 0 Å². The number of hydrogen-bond donors (Lipinski definition) is 16. The summed E-state index contributed by atoms with van der Waals surface area (Å²) in [5, 5.41) is 169. The number of aliphatic hydroxyl groups is 15. The second-order valence-corrected chi connectivity index (χ2v) is 30.5. The first-order valence-corrected chi connectivity index (χ1v) is 34.7. The summed E-state index contributed by atoms with van der Waals surface area (Å²) in [5.41, 5.74) is -0.649. The molecule has 32 heteroatoms. The summed E-state index contributed by atoms with van der Waals surface area (Å²) in [4.78, 5) is 0. The number of allylic oxidation sites excluding steroid dienone is 2. The fourth-order valence-electron chi connectivity index (χ4n) is 17.2. The molecule has 0 spiro atoms. The van der Waals surface area contributed by atoms with Crippen LogP contribution >= 0.6 is 0 Å². The third-order valence-electron chi connectivity index (χ3n) is 22.6. The minimum absolute atomic E-state index is 0.0190. The molecular weight excluding hydrogens is 1270 g/mol. The summed E-state index contributed by atoms with van der Waals surface area (Å²) in [6, 6.07) is 0. The molecule has 0 aromatic rings. The van der Waals surface area contributed by atoms with E-state index in [1.165, 1.54) is 33.3 Å². The fourth-order valence-corrected chi connectivity index (χ4v) is 17.7. The van der Waals surface area contributed by atoms with E-state index in [9.17, 15) is 89.6 Å². The van der Waals surface area contributed by atoms with Crippen molar-refractivity contribution in [3.8, 4) is 0 Å². The van der Waals surface area contributed by atoms with Crippen molar-refractivity contribution in [3.05, 3.63) is 11.6 Å². The smallest absolute Gasteiger partial charge is 0.394 e. The molecular formula is C62H104O31S. The molecule has 0 amide bonds. The minimum atomic E-state index is -4.88. The van der Waals surface area contributed by atoms with Gasteiger partial charge < -0.3 is 133 Å². The monoisotopic (exact) mass is 1380 g/mol. The van der Waals surface area contributed by atoms with Crippen LogP contribution in [0.15, 0.2) is 11.6 Å². The van der Waals surface area contributed by atoms with Crippen molar-refractivity contribution < 1.29 is 151 Å². The maximum atomic E-state index is 12.5. The summed E-state index contributed by atoms with van der Waals surface area (Å²) in [6.07, 6.45) is -43.2. The molecule has 94 heavy (non-hydrogen) atoms. The summed E-state index contributed by atoms with van der Waals surface area (Å²) >= 11 is 0. The lowest BCUT2D eigenvalue weighted by Crippen LogP contribution is -2.67. The molecule has 9 fully saturated rings. The van der Waals surface area contributed by atoms with Gasteiger partial charge in [0.05, 0.1) is 55.4 Å². The van der Waals surface area contributed by atoms with Crippen LogP contribution in [0.2, 0.25) is 0 Å². The maximum Gasteiger partial charge on any atom is 0.397 e. The van der Waals surface area contributed by atoms with Gasteiger partial charge in [0.15, 0.2) is 37.7 Å². The zero-order valence-electron chi connectivity index (χ0n) is 54.5. The van der Waals surface area contributed by atoms with E-state index in [1.807, 2.05) is 6.92 Å². The van der Waals surface area contributed by atoms with Gasteiger partial charge in [-0.05, 0) is 126 Å². The van der Waals surface area contributed by atoms with Crippen molar-refractivity contribution >= 4 is 10.4 Å². The van der Waals surface area contributed by atoms with Gasteiger partial charge in [-0.1, -0.05) is 52.2 Å². The molecule has 16 N–H and O–H groups in total. The first kappa shape index (κ1) is 75.2. The number of ether oxygens (including phenoxy) is 12. The number of aliphatic hydroxyl groups excluding tert-OH is 14. The third kappa shape index (κ3) is 14.9. The summed E-state index contributed by atoms with van der Waals surface area (Å²) in [5.74, 6) is 0.00892. The van der Waals surface area contributed by atoms with E-state index in [4.69, 9.17) is 61.0 Å². The number of rotatable bonds is 20. The molecule has 6 aliphatic heterocycles. The highest BCUT2D eigenvalue weighted by molar-refractivity contribution is 7.80. The summed E-state index contributed by atoms with van der Waals surface area (Å²) < 4.78 is 113. The lowest BCUT2D eigenvalue weighted by atomic mass is 9.47. The maximum absolute atomic E-state index is 12.5. The number of hydrogen-bond acceptors (Lipinski definition) is 30. The molecule has 1 unspecified atom stereocenters. The van der Waals surface area contributed by atoms with Crippen molar-refractivity contribution in [2.45, 2.75) is 322 Å². The molecule has 6 saturated heterocycles. The van der Waals surface area contributed by atoms with Crippen LogP contribution in [0, 0.1) is 40.4 Å². The highest BCUT2D eigenvalue weighted by Gasteiger charge is 2.64. The van der Waals surface area contributed by atoms with E-state index in [0.717, 1.165) is 32.1 Å². The zero-order chi connectivity index (χ0) is 68.7. The Hall–Kier alpha value is -1.47. The van der Waals surface area contributed by atoms with Crippen LogP contribution in [0.1, 0.15) is 127 Å². The average molecular weight is 1380 g/mol. The van der Waals surface area contributed by atoms with Gasteiger partial charge in [0.2, 0.25) is 0 Å². The van der Waals surface area contributed by atoms with Gasteiger partial charge >= 0.3 is 10.4 Å². The molecule has 0 bridgehead atoms. The lowest BCUT2D eigenvalue weighted by Gasteiger charge is -2.60. The second kappa shape index (κ2) is 29.5. The van der Waals surface area contributed by atoms with Crippen molar-refractivity contribution in [3.63, 3.8) is 0 Å². The summed E-state index contributed by atoms with van der Waals surface area (Å²) in [7, 11) is -4.88. The Morgan fingerprint density at radius 1 is 0.564 bits per heavy atom. The molecule has 0 radical (unpaired) electrons. The molecule has 3 saturated carbocycles. The standard InChI is InChI=1S/C62H104O31S/c1-23(2)11-10-16-62(9,77)36-13-12-30-29-20-33(32-19-28(93-94(78,79)80)14-17-60(32,7)31(29)15-18-61(30,36)8)86-56-48(75)51(40(67)26(5)83-56)90-58-52(91-54-46(73)43(70)37(64)24(3)82-54)42(69)35(22-81-58)88-59-53(45(72)38(65)25(4)85-59)92-57-49(76)50(39(66)27(6)84-57)89-55-47(74)44(71)41(68)34(21-63)87-55/h15,23-30,32-59,63-77H,10-14,16-22H2,1-9H3,(H,78,79,80)/t24-,25-,26-,27-,28+,29+,30+,32?,33+,34-,35-,36+,37-,38+,39+,40-,41+,42+,43+,44+,45+,46-,47-,48-,49-,50+,51+,52-,53-,54+,55+,56+,57+,58+,59+,60-,61+,62+/m1/s1. The Morgan fingerprint density at radius 2 is 1.06 bits per heavy atom. The van der Waals surface area contributed by atoms with Crippen molar-refractivity contribution in [2.24, 2.45) is 40.4 Å². The van der Waals surface area contributed by atoms with Gasteiger partial charge in [-0.25, -0.2) is 4.18 Å². The SMILES string of the molecule is CC(C)CCC[C@](C)(O)[C@H]1CC[C@H]2[C@@H]3C[C@H](O[C@@H]4O[C@H](C)[C@@H](O)[C@H](O[C@@H]5OC[C@@H](O[C@@H]6O[C@H](C)[C@H](O)[C@H](O)[C@H]6O[C@@H]6O[C@H](C)[C@H](O)[C@H](O[C@@H]7O[C@H](CO)[C@H](O)[C@H](O)[C@H]7O)[C@H]6O)[C@H](O)[C@H]5O[C@@H]5O[C@H](C)[C@@H](O)[C@H](O)[C@H]5O)[C@H]4O)C4C[C@@H](OS(=O)(=O)O)CC[C@]4(C)C3=CC[C@@]21C. The van der Waals surface area contributed by atoms with Gasteiger partial charge in [-0.3, -0.25) is 4.55 Å². The molecule has 10 rings (SSSR count). The van der Waals surface area contributed by atoms with Crippen LogP contribution < -0.4 is 0 Å². The first-order chi connectivity index (χ1) is 44.0. The van der Waals surface area contributed by atoms with E-state index in [2.05, 4.69) is 33.8 Å². The highest BCUT2D eigenvalue weighted by Crippen LogP contribution is 2.67. The molecule has 544 valence electrons. The molecule has 38 atom stereocenters. The van der Waals surface area contributed by atoms with E-state index in [-0.39, 0.29) is 36.0 Å². The van der Waals surface area contributed by atoms with Crippen LogP contribution in [-0.4, -0.2) is 299 Å². The Bertz CT molecular complexity index is 2640.